The van der Waals surface area contributed by atoms with Crippen LogP contribution in [0.4, 0.5) is 0 Å². The Hall–Kier alpha value is -1.26. The average molecular weight is 252 g/mol. The van der Waals surface area contributed by atoms with Crippen LogP contribution < -0.4 is 0 Å². The first kappa shape index (κ1) is 13.8. The molecule has 4 heteroatoms. The lowest BCUT2D eigenvalue weighted by Crippen LogP contribution is -2.21. The summed E-state index contributed by atoms with van der Waals surface area (Å²) in [6.07, 6.45) is -0.663. The molecule has 1 rings (SSSR count). The van der Waals surface area contributed by atoms with Crippen molar-refractivity contribution in [1.29, 1.82) is 0 Å². The molecule has 0 saturated heterocycles. The highest BCUT2D eigenvalue weighted by atomic mass is 32.2. The van der Waals surface area contributed by atoms with Crippen LogP contribution in [0.2, 0.25) is 0 Å². The summed E-state index contributed by atoms with van der Waals surface area (Å²) in [4.78, 5) is 12.2. The highest BCUT2D eigenvalue weighted by Gasteiger charge is 2.09. The molecule has 0 amide bonds. The van der Waals surface area contributed by atoms with Gasteiger partial charge in [-0.1, -0.05) is 24.8 Å². The Morgan fingerprint density at radius 1 is 1.47 bits per heavy atom. The zero-order valence-electron chi connectivity index (χ0n) is 9.76. The van der Waals surface area contributed by atoms with Crippen molar-refractivity contribution < 1.29 is 14.6 Å². The molecule has 0 heterocycles. The fraction of sp³-hybridized carbons (Fsp3) is 0.308. The quantitative estimate of drug-likeness (QED) is 0.479. The lowest BCUT2D eigenvalue weighted by atomic mass is 10.3. The van der Waals surface area contributed by atoms with Crippen LogP contribution in [-0.4, -0.2) is 29.5 Å². The Kier molecular flexibility index (Phi) is 5.80. The molecule has 3 nitrogen and oxygen atoms in total. The molecule has 0 spiro atoms. The van der Waals surface area contributed by atoms with Gasteiger partial charge in [0.15, 0.2) is 0 Å². The van der Waals surface area contributed by atoms with Gasteiger partial charge in [0.05, 0.1) is 6.10 Å². The molecule has 0 aromatic heterocycles. The summed E-state index contributed by atoms with van der Waals surface area (Å²) in [6.45, 7) is 5.05. The number of carbonyl (C=O) groups excluding carboxylic acids is 1. The molecule has 0 radical (unpaired) electrons. The lowest BCUT2D eigenvalue weighted by molar-refractivity contribution is -0.141. The number of benzene rings is 1. The van der Waals surface area contributed by atoms with Crippen molar-refractivity contribution in [2.45, 2.75) is 17.9 Å². The maximum atomic E-state index is 11.1. The van der Waals surface area contributed by atoms with Crippen molar-refractivity contribution in [3.05, 3.63) is 42.5 Å². The molecule has 1 N–H and O–H groups in total. The average Bonchev–Trinajstić information content (AvgIpc) is 2.34. The van der Waals surface area contributed by atoms with Gasteiger partial charge in [-0.15, -0.1) is 11.8 Å². The Morgan fingerprint density at radius 2 is 2.12 bits per heavy atom. The molecule has 0 saturated carbocycles. The summed E-state index contributed by atoms with van der Waals surface area (Å²) in [7, 11) is 0. The first-order chi connectivity index (χ1) is 8.09. The standard InChI is InChI=1S/C13H16O3S/c1-10(2)13(15)16-8-11(14)9-17-12-6-4-3-5-7-12/h3-7,11,14H,1,8-9H2,2H3. The molecule has 17 heavy (non-hydrogen) atoms. The second kappa shape index (κ2) is 7.14. The van der Waals surface area contributed by atoms with Crippen LogP contribution in [0.25, 0.3) is 0 Å². The number of carbonyl (C=O) groups is 1. The van der Waals surface area contributed by atoms with E-state index >= 15 is 0 Å². The molecular weight excluding hydrogens is 236 g/mol. The van der Waals surface area contributed by atoms with Crippen molar-refractivity contribution in [2.24, 2.45) is 0 Å². The monoisotopic (exact) mass is 252 g/mol. The number of esters is 1. The van der Waals surface area contributed by atoms with Gasteiger partial charge in [-0.05, 0) is 19.1 Å². The summed E-state index contributed by atoms with van der Waals surface area (Å²) in [5.74, 6) is 0.0294. The van der Waals surface area contributed by atoms with E-state index in [2.05, 4.69) is 6.58 Å². The van der Waals surface area contributed by atoms with Gasteiger partial charge in [0.2, 0.25) is 0 Å². The Balaban J connectivity index is 2.24. The molecule has 0 aliphatic carbocycles. The van der Waals surface area contributed by atoms with E-state index in [0.29, 0.717) is 11.3 Å². The number of rotatable bonds is 6. The number of aliphatic hydroxyl groups is 1. The third-order valence-electron chi connectivity index (χ3n) is 1.94. The minimum atomic E-state index is -0.663. The van der Waals surface area contributed by atoms with Gasteiger partial charge in [0, 0.05) is 16.2 Å². The van der Waals surface area contributed by atoms with Crippen LogP contribution in [0.1, 0.15) is 6.92 Å². The first-order valence-corrected chi connectivity index (χ1v) is 6.26. The van der Waals surface area contributed by atoms with Crippen LogP contribution in [0.15, 0.2) is 47.4 Å². The van der Waals surface area contributed by atoms with Gasteiger partial charge in [-0.2, -0.15) is 0 Å². The normalized spacial score (nSPS) is 11.9. The first-order valence-electron chi connectivity index (χ1n) is 5.28. The van der Waals surface area contributed by atoms with Gasteiger partial charge in [0.1, 0.15) is 6.61 Å². The summed E-state index contributed by atoms with van der Waals surface area (Å²) < 4.78 is 4.85. The minimum absolute atomic E-state index is 0.00548. The molecule has 1 aromatic rings. The van der Waals surface area contributed by atoms with Gasteiger partial charge < -0.3 is 9.84 Å². The number of hydrogen-bond donors (Lipinski definition) is 1. The second-order valence-corrected chi connectivity index (χ2v) is 4.75. The highest BCUT2D eigenvalue weighted by molar-refractivity contribution is 7.99. The Morgan fingerprint density at radius 3 is 2.71 bits per heavy atom. The maximum absolute atomic E-state index is 11.1. The van der Waals surface area contributed by atoms with Crippen LogP contribution in [0, 0.1) is 0 Å². The van der Waals surface area contributed by atoms with Gasteiger partial charge in [-0.3, -0.25) is 0 Å². The smallest absolute Gasteiger partial charge is 0.333 e. The van der Waals surface area contributed by atoms with Crippen molar-refractivity contribution in [1.82, 2.24) is 0 Å². The molecule has 1 unspecified atom stereocenters. The van der Waals surface area contributed by atoms with E-state index in [1.807, 2.05) is 30.3 Å². The van der Waals surface area contributed by atoms with Gasteiger partial charge >= 0.3 is 5.97 Å². The molecule has 0 bridgehead atoms. The second-order valence-electron chi connectivity index (χ2n) is 3.66. The van der Waals surface area contributed by atoms with E-state index in [9.17, 15) is 9.90 Å². The van der Waals surface area contributed by atoms with Crippen LogP contribution >= 0.6 is 11.8 Å². The number of thioether (sulfide) groups is 1. The predicted octanol–water partition coefficient (Wildman–Crippen LogP) is 2.26. The molecule has 0 aliphatic heterocycles. The van der Waals surface area contributed by atoms with Crippen molar-refractivity contribution in [3.63, 3.8) is 0 Å². The van der Waals surface area contributed by atoms with Crippen LogP contribution in [-0.2, 0) is 9.53 Å². The largest absolute Gasteiger partial charge is 0.460 e. The number of ether oxygens (including phenoxy) is 1. The van der Waals surface area contributed by atoms with E-state index in [1.165, 1.54) is 11.8 Å². The summed E-state index contributed by atoms with van der Waals surface area (Å²) in [5.41, 5.74) is 0.341. The van der Waals surface area contributed by atoms with Crippen molar-refractivity contribution in [3.8, 4) is 0 Å². The van der Waals surface area contributed by atoms with Crippen molar-refractivity contribution in [2.75, 3.05) is 12.4 Å². The Bertz CT molecular complexity index is 376. The summed E-state index contributed by atoms with van der Waals surface area (Å²) in [6, 6.07) is 9.76. The fourth-order valence-electron chi connectivity index (χ4n) is 1.05. The van der Waals surface area contributed by atoms with E-state index in [4.69, 9.17) is 4.74 Å². The molecule has 92 valence electrons. The lowest BCUT2D eigenvalue weighted by Gasteiger charge is -2.10. The zero-order valence-corrected chi connectivity index (χ0v) is 10.6. The van der Waals surface area contributed by atoms with E-state index in [1.54, 1.807) is 6.92 Å². The van der Waals surface area contributed by atoms with E-state index in [0.717, 1.165) is 4.90 Å². The van der Waals surface area contributed by atoms with Crippen molar-refractivity contribution >= 4 is 17.7 Å². The summed E-state index contributed by atoms with van der Waals surface area (Å²) in [5, 5.41) is 9.61. The SMILES string of the molecule is C=C(C)C(=O)OCC(O)CSc1ccccc1. The predicted molar refractivity (Wildman–Crippen MR) is 68.9 cm³/mol. The van der Waals surface area contributed by atoms with Gasteiger partial charge in [0.25, 0.3) is 0 Å². The maximum Gasteiger partial charge on any atom is 0.333 e. The molecule has 0 fully saturated rings. The Labute approximate surface area is 105 Å². The zero-order chi connectivity index (χ0) is 12.7. The van der Waals surface area contributed by atoms with Gasteiger partial charge in [-0.25, -0.2) is 4.79 Å². The van der Waals surface area contributed by atoms with E-state index < -0.39 is 12.1 Å². The fourth-order valence-corrected chi connectivity index (χ4v) is 1.88. The minimum Gasteiger partial charge on any atom is -0.460 e. The van der Waals surface area contributed by atoms with E-state index in [-0.39, 0.29) is 6.61 Å². The molecule has 1 atom stereocenters. The number of hydrogen-bond acceptors (Lipinski definition) is 4. The third kappa shape index (κ3) is 5.56. The topological polar surface area (TPSA) is 46.5 Å². The molecular formula is C13H16O3S. The summed E-state index contributed by atoms with van der Waals surface area (Å²) >= 11 is 1.52. The number of aliphatic hydroxyl groups excluding tert-OH is 1. The highest BCUT2D eigenvalue weighted by Crippen LogP contribution is 2.17. The third-order valence-corrected chi connectivity index (χ3v) is 3.10. The van der Waals surface area contributed by atoms with Crippen LogP contribution in [0.3, 0.4) is 0 Å². The van der Waals surface area contributed by atoms with Crippen LogP contribution in [0.5, 0.6) is 0 Å². The molecule has 1 aromatic carbocycles. The molecule has 0 aliphatic rings.